The molecule has 0 spiro atoms. The smallest absolute Gasteiger partial charge is 0.258 e. The average molecular weight is 268 g/mol. The molecule has 20 heavy (non-hydrogen) atoms. The number of benzene rings is 2. The molecule has 4 heteroatoms. The van der Waals surface area contributed by atoms with Gasteiger partial charge >= 0.3 is 0 Å². The summed E-state index contributed by atoms with van der Waals surface area (Å²) in [5.74, 6) is 0. The number of hydrogen-bond acceptors (Lipinski definition) is 3. The van der Waals surface area contributed by atoms with Gasteiger partial charge in [-0.05, 0) is 37.5 Å². The first kappa shape index (κ1) is 13.9. The number of aryl methyl sites for hydroxylation is 3. The van der Waals surface area contributed by atoms with E-state index in [2.05, 4.69) is 17.1 Å². The number of rotatable bonds is 3. The van der Waals surface area contributed by atoms with Crippen LogP contribution in [0.25, 0.3) is 0 Å². The number of nitrogens with zero attached hydrogens (tertiary/aromatic N) is 2. The van der Waals surface area contributed by atoms with E-state index in [9.17, 15) is 10.1 Å². The topological polar surface area (TPSA) is 55.5 Å². The molecule has 2 aromatic carbocycles. The molecule has 0 radical (unpaired) electrons. The summed E-state index contributed by atoms with van der Waals surface area (Å²) < 4.78 is 0. The van der Waals surface area contributed by atoms with Crippen LogP contribution in [-0.2, 0) is 0 Å². The molecule has 0 saturated carbocycles. The van der Waals surface area contributed by atoms with Crippen molar-refractivity contribution >= 4 is 17.6 Å². The van der Waals surface area contributed by atoms with Gasteiger partial charge in [-0.25, -0.2) is 0 Å². The fourth-order valence-corrected chi connectivity index (χ4v) is 2.23. The lowest BCUT2D eigenvalue weighted by Crippen LogP contribution is -1.90. The van der Waals surface area contributed by atoms with Crippen LogP contribution < -0.4 is 0 Å². The molecule has 0 saturated heterocycles. The molecular formula is C16H16N2O2. The summed E-state index contributed by atoms with van der Waals surface area (Å²) in [6, 6.07) is 10.6. The maximum Gasteiger partial charge on any atom is 0.270 e. The van der Waals surface area contributed by atoms with Gasteiger partial charge in [0.2, 0.25) is 0 Å². The molecule has 0 heterocycles. The predicted octanol–water partition coefficient (Wildman–Crippen LogP) is 4.27. The molecule has 2 rings (SSSR count). The number of nitro benzene ring substituents is 1. The minimum Gasteiger partial charge on any atom is -0.258 e. The van der Waals surface area contributed by atoms with E-state index in [1.165, 1.54) is 17.7 Å². The minimum atomic E-state index is -0.403. The van der Waals surface area contributed by atoms with Gasteiger partial charge in [-0.2, -0.15) is 0 Å². The quantitative estimate of drug-likeness (QED) is 0.474. The molecule has 2 aromatic rings. The highest BCUT2D eigenvalue weighted by atomic mass is 16.6. The van der Waals surface area contributed by atoms with Gasteiger partial charge in [-0.1, -0.05) is 29.8 Å². The van der Waals surface area contributed by atoms with Crippen molar-refractivity contribution in [2.75, 3.05) is 0 Å². The second-order valence-electron chi connectivity index (χ2n) is 4.86. The van der Waals surface area contributed by atoms with Crippen LogP contribution in [0.5, 0.6) is 0 Å². The van der Waals surface area contributed by atoms with Gasteiger partial charge in [0.1, 0.15) is 0 Å². The van der Waals surface area contributed by atoms with Crippen molar-refractivity contribution in [3.8, 4) is 0 Å². The predicted molar refractivity (Wildman–Crippen MR) is 81.0 cm³/mol. The Bertz CT molecular complexity index is 668. The fraction of sp³-hybridized carbons (Fsp3) is 0.188. The average Bonchev–Trinajstić information content (AvgIpc) is 2.37. The fourth-order valence-electron chi connectivity index (χ4n) is 2.23. The Balaban J connectivity index is 2.35. The molecule has 0 fully saturated rings. The van der Waals surface area contributed by atoms with E-state index in [1.54, 1.807) is 18.3 Å². The first-order chi connectivity index (χ1) is 9.47. The molecule has 0 aliphatic rings. The van der Waals surface area contributed by atoms with Crippen molar-refractivity contribution in [2.45, 2.75) is 20.8 Å². The van der Waals surface area contributed by atoms with Crippen LogP contribution in [0.15, 0.2) is 41.4 Å². The summed E-state index contributed by atoms with van der Waals surface area (Å²) in [7, 11) is 0. The summed E-state index contributed by atoms with van der Waals surface area (Å²) in [5, 5.41) is 10.7. The second-order valence-corrected chi connectivity index (χ2v) is 4.86. The van der Waals surface area contributed by atoms with Gasteiger partial charge in [0, 0.05) is 18.3 Å². The van der Waals surface area contributed by atoms with Crippen molar-refractivity contribution in [2.24, 2.45) is 4.99 Å². The zero-order valence-corrected chi connectivity index (χ0v) is 11.8. The highest BCUT2D eigenvalue weighted by molar-refractivity contribution is 5.83. The summed E-state index contributed by atoms with van der Waals surface area (Å²) in [6.07, 6.45) is 1.66. The molecule has 102 valence electrons. The molecule has 0 aromatic heterocycles. The normalized spacial score (nSPS) is 10.9. The third-order valence-electron chi connectivity index (χ3n) is 3.06. The van der Waals surface area contributed by atoms with Crippen LogP contribution in [0.1, 0.15) is 22.3 Å². The van der Waals surface area contributed by atoms with Crippen molar-refractivity contribution in [1.29, 1.82) is 0 Å². The number of hydrogen-bond donors (Lipinski definition) is 0. The van der Waals surface area contributed by atoms with Crippen LogP contribution in [0.2, 0.25) is 0 Å². The van der Waals surface area contributed by atoms with E-state index in [1.807, 2.05) is 20.8 Å². The molecule has 0 aliphatic heterocycles. The van der Waals surface area contributed by atoms with Gasteiger partial charge in [-0.3, -0.25) is 15.1 Å². The Kier molecular flexibility index (Phi) is 3.94. The van der Waals surface area contributed by atoms with Gasteiger partial charge in [0.05, 0.1) is 10.6 Å². The van der Waals surface area contributed by atoms with Crippen molar-refractivity contribution < 1.29 is 4.92 Å². The lowest BCUT2D eigenvalue weighted by molar-refractivity contribution is -0.384. The van der Waals surface area contributed by atoms with Crippen LogP contribution in [0.4, 0.5) is 11.4 Å². The molecule has 0 atom stereocenters. The third kappa shape index (κ3) is 3.09. The summed E-state index contributed by atoms with van der Waals surface area (Å²) >= 11 is 0. The van der Waals surface area contributed by atoms with E-state index >= 15 is 0 Å². The zero-order chi connectivity index (χ0) is 14.7. The van der Waals surface area contributed by atoms with E-state index in [4.69, 9.17) is 0 Å². The van der Waals surface area contributed by atoms with E-state index in [0.29, 0.717) is 0 Å². The summed E-state index contributed by atoms with van der Waals surface area (Å²) in [4.78, 5) is 14.8. The largest absolute Gasteiger partial charge is 0.270 e. The van der Waals surface area contributed by atoms with Crippen LogP contribution in [-0.4, -0.2) is 11.1 Å². The summed E-state index contributed by atoms with van der Waals surface area (Å²) in [6.45, 7) is 6.08. The van der Waals surface area contributed by atoms with E-state index in [0.717, 1.165) is 22.4 Å². The Hall–Kier alpha value is -2.49. The second kappa shape index (κ2) is 5.65. The van der Waals surface area contributed by atoms with Gasteiger partial charge in [0.25, 0.3) is 5.69 Å². The van der Waals surface area contributed by atoms with E-state index < -0.39 is 4.92 Å². The number of nitro groups is 1. The first-order valence-electron chi connectivity index (χ1n) is 6.34. The van der Waals surface area contributed by atoms with Crippen molar-refractivity contribution in [3.05, 3.63) is 68.8 Å². The van der Waals surface area contributed by atoms with Gasteiger partial charge in [0.15, 0.2) is 0 Å². The zero-order valence-electron chi connectivity index (χ0n) is 11.8. The molecule has 0 bridgehead atoms. The van der Waals surface area contributed by atoms with Gasteiger partial charge < -0.3 is 0 Å². The molecule has 0 amide bonds. The molecule has 0 N–H and O–H groups in total. The van der Waals surface area contributed by atoms with Crippen LogP contribution in [0, 0.1) is 30.9 Å². The lowest BCUT2D eigenvalue weighted by atomic mass is 10.1. The Labute approximate surface area is 117 Å². The lowest BCUT2D eigenvalue weighted by Gasteiger charge is -2.06. The molecule has 0 unspecified atom stereocenters. The Morgan fingerprint density at radius 2 is 1.75 bits per heavy atom. The molecule has 0 aliphatic carbocycles. The van der Waals surface area contributed by atoms with Gasteiger partial charge in [-0.15, -0.1) is 0 Å². The van der Waals surface area contributed by atoms with Crippen LogP contribution in [0.3, 0.4) is 0 Å². The number of aliphatic imine (C=N–C) groups is 1. The summed E-state index contributed by atoms with van der Waals surface area (Å²) in [5.41, 5.74) is 5.12. The van der Waals surface area contributed by atoms with Crippen molar-refractivity contribution in [3.63, 3.8) is 0 Å². The Morgan fingerprint density at radius 1 is 1.10 bits per heavy atom. The molecule has 4 nitrogen and oxygen atoms in total. The first-order valence-corrected chi connectivity index (χ1v) is 6.34. The maximum absolute atomic E-state index is 10.7. The maximum atomic E-state index is 10.7. The van der Waals surface area contributed by atoms with E-state index in [-0.39, 0.29) is 5.69 Å². The number of non-ortho nitro benzene ring substituents is 1. The molecular weight excluding hydrogens is 252 g/mol. The Morgan fingerprint density at radius 3 is 2.35 bits per heavy atom. The third-order valence-corrected chi connectivity index (χ3v) is 3.06. The van der Waals surface area contributed by atoms with Crippen molar-refractivity contribution in [1.82, 2.24) is 0 Å². The highest BCUT2D eigenvalue weighted by Gasteiger charge is 2.05. The standard InChI is InChI=1S/C16H16N2O2/c1-11-7-12(2)16(13(3)8-11)17-10-14-5-4-6-15(9-14)18(19)20/h4-10H,1-3H3. The SMILES string of the molecule is Cc1cc(C)c(N=Cc2cccc([N+](=O)[O-])c2)c(C)c1. The minimum absolute atomic E-state index is 0.0753. The monoisotopic (exact) mass is 268 g/mol. The highest BCUT2D eigenvalue weighted by Crippen LogP contribution is 2.25. The van der Waals surface area contributed by atoms with Crippen LogP contribution >= 0.6 is 0 Å².